The van der Waals surface area contributed by atoms with Gasteiger partial charge in [0, 0.05) is 5.02 Å². The number of nitrogens with zero attached hydrogens (tertiary/aromatic N) is 1. The Hall–Kier alpha value is -3.07. The second kappa shape index (κ2) is 9.82. The van der Waals surface area contributed by atoms with Crippen molar-refractivity contribution < 1.29 is 22.1 Å². The normalized spacial score (nSPS) is 11.3. The molecular formula is C21H16Cl2N2O5S. The minimum atomic E-state index is -4.02. The van der Waals surface area contributed by atoms with E-state index in [1.54, 1.807) is 30.3 Å². The van der Waals surface area contributed by atoms with E-state index in [2.05, 4.69) is 10.5 Å². The highest BCUT2D eigenvalue weighted by atomic mass is 35.5. The summed E-state index contributed by atoms with van der Waals surface area (Å²) in [6.07, 6.45) is 1.36. The topological polar surface area (TPSA) is 94.1 Å². The first-order valence-electron chi connectivity index (χ1n) is 8.76. The molecule has 1 amide bonds. The van der Waals surface area contributed by atoms with Crippen LogP contribution in [0.1, 0.15) is 15.9 Å². The summed E-state index contributed by atoms with van der Waals surface area (Å²) >= 11 is 11.8. The number of rotatable bonds is 7. The van der Waals surface area contributed by atoms with Crippen molar-refractivity contribution in [1.82, 2.24) is 5.43 Å². The van der Waals surface area contributed by atoms with Crippen LogP contribution in [-0.4, -0.2) is 27.6 Å². The smallest absolute Gasteiger partial charge is 0.339 e. The van der Waals surface area contributed by atoms with E-state index in [0.717, 1.165) is 0 Å². The fourth-order valence-corrected chi connectivity index (χ4v) is 3.94. The molecule has 0 fully saturated rings. The first-order chi connectivity index (χ1) is 14.8. The van der Waals surface area contributed by atoms with Gasteiger partial charge in [-0.3, -0.25) is 4.79 Å². The molecule has 0 atom stereocenters. The van der Waals surface area contributed by atoms with E-state index >= 15 is 0 Å². The van der Waals surface area contributed by atoms with E-state index < -0.39 is 16.0 Å². The average Bonchev–Trinajstić information content (AvgIpc) is 2.75. The monoisotopic (exact) mass is 478 g/mol. The van der Waals surface area contributed by atoms with E-state index in [0.29, 0.717) is 10.6 Å². The molecule has 3 aromatic carbocycles. The largest absolute Gasteiger partial charge is 0.493 e. The van der Waals surface area contributed by atoms with Gasteiger partial charge in [0.15, 0.2) is 11.5 Å². The van der Waals surface area contributed by atoms with Gasteiger partial charge in [-0.05, 0) is 54.1 Å². The molecule has 1 N–H and O–H groups in total. The Kier molecular flexibility index (Phi) is 7.17. The summed E-state index contributed by atoms with van der Waals surface area (Å²) in [4.78, 5) is 12.2. The van der Waals surface area contributed by atoms with Gasteiger partial charge < -0.3 is 8.92 Å². The quantitative estimate of drug-likeness (QED) is 0.305. The Morgan fingerprint density at radius 1 is 1.00 bits per heavy atom. The second-order valence-electron chi connectivity index (χ2n) is 6.08. The number of nitrogens with one attached hydrogen (secondary N) is 1. The summed E-state index contributed by atoms with van der Waals surface area (Å²) in [7, 11) is -2.64. The maximum absolute atomic E-state index is 12.4. The highest BCUT2D eigenvalue weighted by molar-refractivity contribution is 7.87. The van der Waals surface area contributed by atoms with E-state index in [9.17, 15) is 13.2 Å². The summed E-state index contributed by atoms with van der Waals surface area (Å²) in [5, 5.41) is 4.49. The molecule has 7 nitrogen and oxygen atoms in total. The van der Waals surface area contributed by atoms with E-state index in [4.69, 9.17) is 32.1 Å². The van der Waals surface area contributed by atoms with Crippen molar-refractivity contribution in [3.63, 3.8) is 0 Å². The molecule has 0 unspecified atom stereocenters. The standard InChI is InChI=1S/C21H16Cl2N2O5S/c1-29-20-11-14(13-24-25-21(26)17-9-8-15(22)12-18(17)23)7-10-19(20)30-31(27,28)16-5-3-2-4-6-16/h2-13H,1H3,(H,25,26)/b24-13-. The van der Waals surface area contributed by atoms with Gasteiger partial charge in [-0.1, -0.05) is 41.4 Å². The van der Waals surface area contributed by atoms with Gasteiger partial charge in [0.25, 0.3) is 5.91 Å². The van der Waals surface area contributed by atoms with Gasteiger partial charge in [0.2, 0.25) is 0 Å². The van der Waals surface area contributed by atoms with Crippen LogP contribution in [0.3, 0.4) is 0 Å². The SMILES string of the molecule is COc1cc(/C=N\NC(=O)c2ccc(Cl)cc2Cl)ccc1OS(=O)(=O)c1ccccc1. The van der Waals surface area contributed by atoms with Crippen molar-refractivity contribution in [2.24, 2.45) is 5.10 Å². The third-order valence-corrected chi connectivity index (χ3v) is 5.77. The fraction of sp³-hybridized carbons (Fsp3) is 0.0476. The van der Waals surface area contributed by atoms with Gasteiger partial charge in [-0.15, -0.1) is 0 Å². The Bertz CT molecular complexity index is 1230. The predicted octanol–water partition coefficient (Wildman–Crippen LogP) is 4.53. The van der Waals surface area contributed by atoms with E-state index in [-0.39, 0.29) is 27.0 Å². The number of methoxy groups -OCH3 is 1. The summed E-state index contributed by atoms with van der Waals surface area (Å²) in [6, 6.07) is 16.7. The van der Waals surface area contributed by atoms with E-state index in [1.807, 2.05) is 0 Å². The molecule has 0 bridgehead atoms. The average molecular weight is 479 g/mol. The molecule has 3 aromatic rings. The Balaban J connectivity index is 1.73. The number of hydrogen-bond acceptors (Lipinski definition) is 6. The van der Waals surface area contributed by atoms with Gasteiger partial charge in [-0.2, -0.15) is 13.5 Å². The molecule has 3 rings (SSSR count). The lowest BCUT2D eigenvalue weighted by atomic mass is 10.2. The number of carbonyl (C=O) groups excluding carboxylic acids is 1. The summed E-state index contributed by atoms with van der Waals surface area (Å²) < 4.78 is 35.2. The Morgan fingerprint density at radius 2 is 1.74 bits per heavy atom. The maximum atomic E-state index is 12.4. The third-order valence-electron chi connectivity index (χ3n) is 3.97. The molecule has 0 spiro atoms. The van der Waals surface area contributed by atoms with Crippen LogP contribution in [0.5, 0.6) is 11.5 Å². The third kappa shape index (κ3) is 5.75. The molecule has 10 heteroatoms. The van der Waals surface area contributed by atoms with Gasteiger partial charge in [0.1, 0.15) is 4.90 Å². The van der Waals surface area contributed by atoms with Gasteiger partial charge in [0.05, 0.1) is 23.9 Å². The maximum Gasteiger partial charge on any atom is 0.339 e. The zero-order valence-electron chi connectivity index (χ0n) is 16.1. The molecule has 0 aromatic heterocycles. The molecule has 0 radical (unpaired) electrons. The van der Waals surface area contributed by atoms with Crippen molar-refractivity contribution >= 4 is 45.4 Å². The van der Waals surface area contributed by atoms with Crippen LogP contribution < -0.4 is 14.3 Å². The number of halogens is 2. The van der Waals surface area contributed by atoms with Crippen LogP contribution in [0, 0.1) is 0 Å². The molecule has 0 aliphatic heterocycles. The van der Waals surface area contributed by atoms with Crippen LogP contribution in [-0.2, 0) is 10.1 Å². The van der Waals surface area contributed by atoms with Gasteiger partial charge in [-0.25, -0.2) is 5.43 Å². The lowest BCUT2D eigenvalue weighted by Gasteiger charge is -2.11. The first-order valence-corrected chi connectivity index (χ1v) is 10.9. The highest BCUT2D eigenvalue weighted by Gasteiger charge is 2.19. The molecule has 0 aliphatic rings. The van der Waals surface area contributed by atoms with Crippen molar-refractivity contribution in [3.8, 4) is 11.5 Å². The fourth-order valence-electron chi connectivity index (χ4n) is 2.49. The molecule has 160 valence electrons. The molecule has 0 saturated heterocycles. The molecule has 31 heavy (non-hydrogen) atoms. The Labute approximate surface area is 189 Å². The van der Waals surface area contributed by atoms with Crippen LogP contribution in [0.2, 0.25) is 10.0 Å². The summed E-state index contributed by atoms with van der Waals surface area (Å²) in [5.74, 6) is -0.324. The van der Waals surface area contributed by atoms with Crippen molar-refractivity contribution in [1.29, 1.82) is 0 Å². The van der Waals surface area contributed by atoms with Crippen LogP contribution in [0.4, 0.5) is 0 Å². The number of hydrazone groups is 1. The zero-order chi connectivity index (χ0) is 22.4. The van der Waals surface area contributed by atoms with Crippen molar-refractivity contribution in [2.45, 2.75) is 4.90 Å². The zero-order valence-corrected chi connectivity index (χ0v) is 18.4. The molecule has 0 aliphatic carbocycles. The molecular weight excluding hydrogens is 463 g/mol. The minimum absolute atomic E-state index is 0.0143. The molecule has 0 heterocycles. The number of amides is 1. The predicted molar refractivity (Wildman–Crippen MR) is 119 cm³/mol. The van der Waals surface area contributed by atoms with Crippen molar-refractivity contribution in [3.05, 3.63) is 87.9 Å². The molecule has 0 saturated carbocycles. The Morgan fingerprint density at radius 3 is 2.42 bits per heavy atom. The summed E-state index contributed by atoms with van der Waals surface area (Å²) in [6.45, 7) is 0. The highest BCUT2D eigenvalue weighted by Crippen LogP contribution is 2.30. The number of benzene rings is 3. The van der Waals surface area contributed by atoms with Crippen LogP contribution in [0.25, 0.3) is 0 Å². The second-order valence-corrected chi connectivity index (χ2v) is 8.47. The van der Waals surface area contributed by atoms with Crippen molar-refractivity contribution in [2.75, 3.05) is 7.11 Å². The lowest BCUT2D eigenvalue weighted by molar-refractivity contribution is 0.0955. The van der Waals surface area contributed by atoms with Crippen LogP contribution in [0.15, 0.2) is 76.7 Å². The number of carbonyl (C=O) groups is 1. The number of ether oxygens (including phenoxy) is 1. The van der Waals surface area contributed by atoms with Gasteiger partial charge >= 0.3 is 10.1 Å². The van der Waals surface area contributed by atoms with E-state index in [1.165, 1.54) is 49.7 Å². The summed E-state index contributed by atoms with van der Waals surface area (Å²) in [5.41, 5.74) is 3.10. The minimum Gasteiger partial charge on any atom is -0.493 e. The van der Waals surface area contributed by atoms with Crippen LogP contribution >= 0.6 is 23.2 Å². The first kappa shape index (κ1) is 22.6. The number of hydrogen-bond donors (Lipinski definition) is 1. The lowest BCUT2D eigenvalue weighted by Crippen LogP contribution is -2.18.